The van der Waals surface area contributed by atoms with Gasteiger partial charge in [-0.15, -0.1) is 0 Å². The van der Waals surface area contributed by atoms with Gasteiger partial charge in [-0.25, -0.2) is 0 Å². The lowest BCUT2D eigenvalue weighted by Crippen LogP contribution is -2.43. The molecule has 1 fully saturated rings. The van der Waals surface area contributed by atoms with Crippen molar-refractivity contribution in [2.75, 3.05) is 23.9 Å². The zero-order valence-electron chi connectivity index (χ0n) is 21.1. The van der Waals surface area contributed by atoms with Crippen LogP contribution in [-0.2, 0) is 5.41 Å². The smallest absolute Gasteiger partial charge is 0.123 e. The topological polar surface area (TPSA) is 26.7 Å². The molecule has 1 unspecified atom stereocenters. The second kappa shape index (κ2) is 6.25. The van der Waals surface area contributed by atoms with Crippen molar-refractivity contribution in [2.24, 2.45) is 10.8 Å². The first-order chi connectivity index (χ1) is 15.4. The summed E-state index contributed by atoms with van der Waals surface area (Å²) in [5, 5.41) is 13.6. The van der Waals surface area contributed by atoms with Gasteiger partial charge >= 0.3 is 0 Å². The molecule has 3 aromatic carbocycles. The van der Waals surface area contributed by atoms with Gasteiger partial charge in [0.15, 0.2) is 0 Å². The Bertz CT molecular complexity index is 1300. The largest absolute Gasteiger partial charge is 0.507 e. The molecule has 172 valence electrons. The van der Waals surface area contributed by atoms with Crippen LogP contribution in [0, 0.1) is 10.8 Å². The fourth-order valence-electron chi connectivity index (χ4n) is 8.08. The number of fused-ring (bicyclic) bond motifs is 8. The van der Waals surface area contributed by atoms with Crippen molar-refractivity contribution in [1.29, 1.82) is 0 Å². The highest BCUT2D eigenvalue weighted by molar-refractivity contribution is 6.09. The highest BCUT2D eigenvalue weighted by Crippen LogP contribution is 2.65. The molecule has 2 aliphatic carbocycles. The van der Waals surface area contributed by atoms with Gasteiger partial charge in [0.2, 0.25) is 0 Å². The molecule has 0 aromatic heterocycles. The summed E-state index contributed by atoms with van der Waals surface area (Å²) in [4.78, 5) is 4.64. The average molecular weight is 441 g/mol. The maximum Gasteiger partial charge on any atom is 0.123 e. The molecule has 0 bridgehead atoms. The summed E-state index contributed by atoms with van der Waals surface area (Å²) < 4.78 is 0. The molecule has 1 aliphatic heterocycles. The number of anilines is 2. The quantitative estimate of drug-likeness (QED) is 0.398. The third kappa shape index (κ3) is 2.68. The number of nitrogens with zero attached hydrogens (tertiary/aromatic N) is 2. The molecule has 1 N–H and O–H groups in total. The van der Waals surface area contributed by atoms with Gasteiger partial charge in [-0.2, -0.15) is 0 Å². The summed E-state index contributed by atoms with van der Waals surface area (Å²) in [6.45, 7) is 11.9. The van der Waals surface area contributed by atoms with Gasteiger partial charge in [-0.3, -0.25) is 0 Å². The number of phenols is 1. The monoisotopic (exact) mass is 440 g/mol. The fraction of sp³-hybridized carbons (Fsp3) is 0.467. The van der Waals surface area contributed by atoms with Crippen LogP contribution in [0.4, 0.5) is 11.4 Å². The van der Waals surface area contributed by atoms with Crippen LogP contribution in [0.15, 0.2) is 42.5 Å². The van der Waals surface area contributed by atoms with E-state index in [2.05, 4.69) is 101 Å². The van der Waals surface area contributed by atoms with E-state index < -0.39 is 0 Å². The minimum atomic E-state index is -0.0577. The normalized spacial score (nSPS) is 23.7. The van der Waals surface area contributed by atoms with Crippen LogP contribution >= 0.6 is 0 Å². The van der Waals surface area contributed by atoms with Gasteiger partial charge in [-0.1, -0.05) is 52.0 Å². The predicted molar refractivity (Wildman–Crippen MR) is 140 cm³/mol. The average Bonchev–Trinajstić information content (AvgIpc) is 3.09. The van der Waals surface area contributed by atoms with Crippen molar-refractivity contribution in [3.8, 4) is 16.9 Å². The maximum absolute atomic E-state index is 11.4. The van der Waals surface area contributed by atoms with E-state index in [9.17, 15) is 5.11 Å². The van der Waals surface area contributed by atoms with Crippen molar-refractivity contribution < 1.29 is 5.11 Å². The van der Waals surface area contributed by atoms with E-state index in [-0.39, 0.29) is 16.2 Å². The molecule has 33 heavy (non-hydrogen) atoms. The standard InChI is InChI=1S/C30H36N2O/c1-18-31(6)24-12-20-21(13-25(24)32(18)7)27-19-10-8-9-11-22(19)30(23(27)14-26(20)33)16-28(2,3)15-29(4,5)17-30/h8-14,18,33H,15-17H2,1-7H3. The Morgan fingerprint density at radius 2 is 1.36 bits per heavy atom. The molecule has 6 rings (SSSR count). The molecule has 3 nitrogen and oxygen atoms in total. The van der Waals surface area contributed by atoms with Gasteiger partial charge in [0.05, 0.1) is 17.5 Å². The number of benzene rings is 3. The lowest BCUT2D eigenvalue weighted by atomic mass is 9.52. The first-order valence-electron chi connectivity index (χ1n) is 12.3. The minimum absolute atomic E-state index is 0.0577. The Kier molecular flexibility index (Phi) is 3.96. The molecule has 3 aromatic rings. The minimum Gasteiger partial charge on any atom is -0.507 e. The van der Waals surface area contributed by atoms with Gasteiger partial charge in [-0.05, 0) is 82.9 Å². The van der Waals surface area contributed by atoms with Crippen LogP contribution in [0.3, 0.4) is 0 Å². The van der Waals surface area contributed by atoms with Crippen LogP contribution in [0.2, 0.25) is 0 Å². The molecule has 0 radical (unpaired) electrons. The maximum atomic E-state index is 11.4. The van der Waals surface area contributed by atoms with Crippen molar-refractivity contribution in [3.63, 3.8) is 0 Å². The van der Waals surface area contributed by atoms with Gasteiger partial charge < -0.3 is 14.9 Å². The number of hydrogen-bond donors (Lipinski definition) is 1. The first-order valence-corrected chi connectivity index (χ1v) is 12.3. The zero-order chi connectivity index (χ0) is 23.5. The summed E-state index contributed by atoms with van der Waals surface area (Å²) in [6.07, 6.45) is 3.75. The molecule has 1 heterocycles. The zero-order valence-corrected chi connectivity index (χ0v) is 21.1. The van der Waals surface area contributed by atoms with E-state index in [4.69, 9.17) is 0 Å². The number of phenolic OH excluding ortho intramolecular Hbond substituents is 1. The third-order valence-electron chi connectivity index (χ3n) is 8.84. The molecule has 3 aliphatic rings. The summed E-state index contributed by atoms with van der Waals surface area (Å²) in [5.41, 5.74) is 8.32. The highest BCUT2D eigenvalue weighted by Gasteiger charge is 2.53. The molecule has 1 spiro atoms. The van der Waals surface area contributed by atoms with Gasteiger partial charge in [0.1, 0.15) is 5.75 Å². The molecular formula is C30H36N2O. The lowest BCUT2D eigenvalue weighted by Gasteiger charge is -2.51. The Hall–Kier alpha value is -2.68. The van der Waals surface area contributed by atoms with E-state index in [1.807, 2.05) is 0 Å². The number of hydrogen-bond acceptors (Lipinski definition) is 3. The van der Waals surface area contributed by atoms with Crippen LogP contribution in [-0.4, -0.2) is 25.4 Å². The number of aromatic hydroxyl groups is 1. The Morgan fingerprint density at radius 1 is 0.788 bits per heavy atom. The Balaban J connectivity index is 1.71. The van der Waals surface area contributed by atoms with Crippen LogP contribution in [0.25, 0.3) is 21.9 Å². The SMILES string of the molecule is CC1N(C)c2cc3c(O)cc4c(c3cc2N1C)-c1ccccc1C41CC(C)(C)CC(C)(C)C1. The number of rotatable bonds is 0. The van der Waals surface area contributed by atoms with E-state index >= 15 is 0 Å². The lowest BCUT2D eigenvalue weighted by molar-refractivity contribution is 0.0645. The van der Waals surface area contributed by atoms with Gasteiger partial charge in [0.25, 0.3) is 0 Å². The summed E-state index contributed by atoms with van der Waals surface area (Å²) in [7, 11) is 4.31. The molecular weight excluding hydrogens is 404 g/mol. The summed E-state index contributed by atoms with van der Waals surface area (Å²) in [6, 6.07) is 15.7. The Morgan fingerprint density at radius 3 is 2.00 bits per heavy atom. The predicted octanol–water partition coefficient (Wildman–Crippen LogP) is 7.28. The van der Waals surface area contributed by atoms with Crippen LogP contribution < -0.4 is 9.80 Å². The molecule has 0 saturated heterocycles. The molecule has 3 heteroatoms. The first kappa shape index (κ1) is 20.9. The second-order valence-corrected chi connectivity index (χ2v) is 12.5. The van der Waals surface area contributed by atoms with Crippen LogP contribution in [0.5, 0.6) is 5.75 Å². The van der Waals surface area contributed by atoms with Crippen molar-refractivity contribution in [3.05, 3.63) is 53.6 Å². The van der Waals surface area contributed by atoms with Crippen molar-refractivity contribution in [2.45, 2.75) is 65.5 Å². The Labute approximate surface area is 198 Å². The van der Waals surface area contributed by atoms with Gasteiger partial charge in [0, 0.05) is 24.9 Å². The van der Waals surface area contributed by atoms with Crippen molar-refractivity contribution >= 4 is 22.1 Å². The summed E-state index contributed by atoms with van der Waals surface area (Å²) >= 11 is 0. The molecule has 0 amide bonds. The van der Waals surface area contributed by atoms with Crippen molar-refractivity contribution in [1.82, 2.24) is 0 Å². The second-order valence-electron chi connectivity index (χ2n) is 12.5. The highest BCUT2D eigenvalue weighted by atomic mass is 16.3. The van der Waals surface area contributed by atoms with E-state index in [0.717, 1.165) is 18.2 Å². The molecule has 1 saturated carbocycles. The molecule has 1 atom stereocenters. The fourth-order valence-corrected chi connectivity index (χ4v) is 8.08. The van der Waals surface area contributed by atoms with E-state index in [1.165, 1.54) is 45.4 Å². The van der Waals surface area contributed by atoms with E-state index in [1.54, 1.807) is 0 Å². The summed E-state index contributed by atoms with van der Waals surface area (Å²) in [5.74, 6) is 0.413. The van der Waals surface area contributed by atoms with E-state index in [0.29, 0.717) is 11.9 Å². The van der Waals surface area contributed by atoms with Crippen LogP contribution in [0.1, 0.15) is 65.0 Å². The third-order valence-corrected chi connectivity index (χ3v) is 8.84.